The molecule has 0 radical (unpaired) electrons. The molecule has 2 aliphatic rings. The number of thiazole rings is 1. The van der Waals surface area contributed by atoms with Crippen LogP contribution in [0.1, 0.15) is 12.6 Å². The zero-order chi connectivity index (χ0) is 27.8. The van der Waals surface area contributed by atoms with E-state index in [0.717, 1.165) is 17.0 Å². The summed E-state index contributed by atoms with van der Waals surface area (Å²) in [5.41, 5.74) is 12.9. The van der Waals surface area contributed by atoms with Crippen molar-refractivity contribution in [2.45, 2.75) is 23.5 Å². The lowest BCUT2D eigenvalue weighted by molar-refractivity contribution is -0.646. The molecule has 2 atom stereocenters. The molecular formula is C21H23N10O5S3+. The molecule has 5 rings (SSSR count). The number of aromatic nitrogens is 5. The Balaban J connectivity index is 1.34. The van der Waals surface area contributed by atoms with Crippen LogP contribution in [0.4, 0.5) is 10.9 Å². The number of nitrogen functional groups attached to an aromatic ring is 2. The minimum absolute atomic E-state index is 0.108. The highest BCUT2D eigenvalue weighted by Gasteiger charge is 2.54. The van der Waals surface area contributed by atoms with Gasteiger partial charge in [0.25, 0.3) is 28.9 Å². The predicted molar refractivity (Wildman–Crippen MR) is 144 cm³/mol. The Kier molecular flexibility index (Phi) is 7.32. The lowest BCUT2D eigenvalue weighted by atomic mass is 10.0. The van der Waals surface area contributed by atoms with Crippen LogP contribution in [0.5, 0.6) is 0 Å². The number of fused-ring (bicyclic) bond motifs is 2. The molecule has 1 unspecified atom stereocenters. The van der Waals surface area contributed by atoms with Crippen molar-refractivity contribution in [3.05, 3.63) is 34.7 Å². The van der Waals surface area contributed by atoms with Gasteiger partial charge in [-0.25, -0.2) is 14.3 Å². The Morgan fingerprint density at radius 3 is 2.87 bits per heavy atom. The zero-order valence-electron chi connectivity index (χ0n) is 20.6. The Hall–Kier alpha value is -3.90. The summed E-state index contributed by atoms with van der Waals surface area (Å²) in [5.74, 6) is -1.59. The van der Waals surface area contributed by atoms with E-state index in [1.54, 1.807) is 33.8 Å². The molecule has 2 amide bonds. The van der Waals surface area contributed by atoms with Gasteiger partial charge in [0.05, 0.1) is 13.1 Å². The SMILES string of the molecule is CCO/N=C(\C(=O)NC1C(=O)N2C(C(=O)O)=C(CSc3nc(N)cc4n3nc[n+]4C)CS[C@H]12)c1csc(N)n1. The van der Waals surface area contributed by atoms with Gasteiger partial charge < -0.3 is 26.7 Å². The van der Waals surface area contributed by atoms with Crippen LogP contribution in [-0.4, -0.2) is 82.6 Å². The van der Waals surface area contributed by atoms with Crippen molar-refractivity contribution in [2.75, 3.05) is 29.6 Å². The van der Waals surface area contributed by atoms with E-state index < -0.39 is 29.2 Å². The number of rotatable bonds is 9. The minimum atomic E-state index is -1.23. The van der Waals surface area contributed by atoms with Crippen molar-refractivity contribution in [1.29, 1.82) is 0 Å². The summed E-state index contributed by atoms with van der Waals surface area (Å²) in [4.78, 5) is 53.0. The summed E-state index contributed by atoms with van der Waals surface area (Å²) in [6, 6.07) is 0.731. The monoisotopic (exact) mass is 591 g/mol. The Bertz CT molecular complexity index is 1550. The maximum atomic E-state index is 13.1. The molecular weight excluding hydrogens is 568 g/mol. The van der Waals surface area contributed by atoms with E-state index in [0.29, 0.717) is 22.3 Å². The largest absolute Gasteiger partial charge is 0.477 e. The molecule has 2 aliphatic heterocycles. The summed E-state index contributed by atoms with van der Waals surface area (Å²) in [5, 5.41) is 22.5. The number of hydrogen-bond donors (Lipinski definition) is 4. The third kappa shape index (κ3) is 4.97. The molecule has 1 fully saturated rings. The lowest BCUT2D eigenvalue weighted by Gasteiger charge is -2.49. The number of nitrogens with zero attached hydrogens (tertiary/aromatic N) is 7. The van der Waals surface area contributed by atoms with Crippen LogP contribution in [0, 0.1) is 0 Å². The Morgan fingerprint density at radius 2 is 2.18 bits per heavy atom. The van der Waals surface area contributed by atoms with E-state index in [1.165, 1.54) is 28.4 Å². The maximum Gasteiger partial charge on any atom is 0.352 e. The van der Waals surface area contributed by atoms with Crippen molar-refractivity contribution in [2.24, 2.45) is 12.2 Å². The van der Waals surface area contributed by atoms with Crippen LogP contribution in [0.2, 0.25) is 0 Å². The fourth-order valence-electron chi connectivity index (χ4n) is 4.01. The highest BCUT2D eigenvalue weighted by Crippen LogP contribution is 2.41. The van der Waals surface area contributed by atoms with E-state index in [2.05, 4.69) is 25.5 Å². The maximum absolute atomic E-state index is 13.1. The van der Waals surface area contributed by atoms with Gasteiger partial charge in [-0.3, -0.25) is 14.5 Å². The molecule has 5 heterocycles. The standard InChI is InChI=1S/C21H22N10O5S3/c1-3-36-28-13(10-7-38-20(23)25-10)16(32)27-14-17(33)30-15(19(34)35)9(5-37-18(14)30)6-39-21-26-11(22)4-12-29(2)8-24-31(12)21/h4,7-8,14,18,22H,3,5-6H2,1-2H3,(H4,23,25,27,32,34,35)/p+1/b28-13-/t14?,18-/m1/s1. The fourth-order valence-corrected chi connectivity index (χ4v) is 7.01. The number of hydrogen-bond acceptors (Lipinski definition) is 13. The van der Waals surface area contributed by atoms with Crippen molar-refractivity contribution in [3.8, 4) is 0 Å². The molecule has 3 aromatic rings. The molecule has 6 N–H and O–H groups in total. The summed E-state index contributed by atoms with van der Waals surface area (Å²) in [6.07, 6.45) is 1.62. The first-order chi connectivity index (χ1) is 18.7. The second-order valence-corrected chi connectivity index (χ2v) is 11.2. The summed E-state index contributed by atoms with van der Waals surface area (Å²) in [6.45, 7) is 1.92. The minimum Gasteiger partial charge on any atom is -0.477 e. The number of carboxylic acids is 1. The van der Waals surface area contributed by atoms with Crippen LogP contribution in [0.25, 0.3) is 5.65 Å². The Labute approximate surface area is 233 Å². The third-order valence-corrected chi connectivity index (χ3v) is 8.81. The van der Waals surface area contributed by atoms with Crippen molar-refractivity contribution in [3.63, 3.8) is 0 Å². The molecule has 0 aromatic carbocycles. The molecule has 39 heavy (non-hydrogen) atoms. The number of amides is 2. The number of aryl methyl sites for hydroxylation is 1. The van der Waals surface area contributed by atoms with Crippen LogP contribution in [0.3, 0.4) is 0 Å². The molecule has 0 saturated carbocycles. The van der Waals surface area contributed by atoms with Gasteiger partial charge in [0.1, 0.15) is 35.2 Å². The van der Waals surface area contributed by atoms with Crippen LogP contribution in [0.15, 0.2) is 39.4 Å². The van der Waals surface area contributed by atoms with Gasteiger partial charge in [0.15, 0.2) is 10.8 Å². The van der Waals surface area contributed by atoms with Gasteiger partial charge in [0, 0.05) is 22.0 Å². The molecule has 3 aromatic heterocycles. The third-order valence-electron chi connectivity index (χ3n) is 5.78. The van der Waals surface area contributed by atoms with Crippen LogP contribution >= 0.6 is 34.9 Å². The summed E-state index contributed by atoms with van der Waals surface area (Å²) < 4.78 is 3.39. The molecule has 15 nitrogen and oxygen atoms in total. The molecule has 204 valence electrons. The highest BCUT2D eigenvalue weighted by atomic mass is 32.2. The first-order valence-electron chi connectivity index (χ1n) is 11.4. The molecule has 0 spiro atoms. The number of anilines is 2. The van der Waals surface area contributed by atoms with E-state index in [-0.39, 0.29) is 34.6 Å². The number of nitrogens with two attached hydrogens (primary N) is 2. The number of nitrogens with one attached hydrogen (secondary N) is 1. The molecule has 1 saturated heterocycles. The quantitative estimate of drug-likeness (QED) is 0.0617. The van der Waals surface area contributed by atoms with Crippen LogP contribution < -0.4 is 21.4 Å². The fraction of sp³-hybridized carbons (Fsp3) is 0.333. The molecule has 0 aliphatic carbocycles. The predicted octanol–water partition coefficient (Wildman–Crippen LogP) is -0.554. The van der Waals surface area contributed by atoms with E-state index in [1.807, 2.05) is 7.05 Å². The number of β-lactam (4-membered cyclic amide) rings is 1. The van der Waals surface area contributed by atoms with Gasteiger partial charge in [-0.15, -0.1) is 23.1 Å². The first kappa shape index (κ1) is 26.7. The summed E-state index contributed by atoms with van der Waals surface area (Å²) >= 11 is 3.75. The van der Waals surface area contributed by atoms with E-state index in [9.17, 15) is 19.5 Å². The average molecular weight is 592 g/mol. The van der Waals surface area contributed by atoms with Crippen molar-refractivity contribution >= 4 is 75.0 Å². The first-order valence-corrected chi connectivity index (χ1v) is 14.4. The Morgan fingerprint density at radius 1 is 1.38 bits per heavy atom. The van der Waals surface area contributed by atoms with Crippen molar-refractivity contribution < 1.29 is 28.9 Å². The van der Waals surface area contributed by atoms with E-state index >= 15 is 0 Å². The molecule has 18 heteroatoms. The average Bonchev–Trinajstić information content (AvgIpc) is 3.50. The highest BCUT2D eigenvalue weighted by molar-refractivity contribution is 8.01. The number of carbonyl (C=O) groups excluding carboxylic acids is 2. The van der Waals surface area contributed by atoms with Gasteiger partial charge in [-0.05, 0) is 17.0 Å². The number of carbonyl (C=O) groups is 3. The number of oxime groups is 1. The second kappa shape index (κ2) is 10.7. The van der Waals surface area contributed by atoms with Gasteiger partial charge >= 0.3 is 5.97 Å². The lowest BCUT2D eigenvalue weighted by Crippen LogP contribution is -2.71. The van der Waals surface area contributed by atoms with Crippen molar-refractivity contribution in [1.82, 2.24) is 29.8 Å². The second-order valence-electron chi connectivity index (χ2n) is 8.31. The molecule has 0 bridgehead atoms. The normalized spacial score (nSPS) is 19.2. The number of thioether (sulfide) groups is 2. The number of carboxylic acid groups (broad SMARTS) is 1. The van der Waals surface area contributed by atoms with Gasteiger partial charge in [-0.1, -0.05) is 16.9 Å². The van der Waals surface area contributed by atoms with E-state index in [4.69, 9.17) is 16.3 Å². The smallest absolute Gasteiger partial charge is 0.352 e. The summed E-state index contributed by atoms with van der Waals surface area (Å²) in [7, 11) is 1.82. The van der Waals surface area contributed by atoms with Gasteiger partial charge in [0.2, 0.25) is 0 Å². The van der Waals surface area contributed by atoms with Gasteiger partial charge in [-0.2, -0.15) is 4.98 Å². The van der Waals surface area contributed by atoms with Crippen LogP contribution in [-0.2, 0) is 26.3 Å². The zero-order valence-corrected chi connectivity index (χ0v) is 23.0. The number of aliphatic carboxylic acids is 1. The topological polar surface area (TPSA) is 207 Å².